The van der Waals surface area contributed by atoms with Gasteiger partial charge in [-0.1, -0.05) is 12.1 Å². The SMILES string of the molecule is COc1ccc(C(C)Nc2nc(C)c(-c3nc4c(C)nccc4s3)c(NC3CC4C(O)C4C3)n2)cc1. The number of aryl methyl sites for hydroxylation is 2. The van der Waals surface area contributed by atoms with Gasteiger partial charge >= 0.3 is 0 Å². The third kappa shape index (κ3) is 4.16. The van der Waals surface area contributed by atoms with E-state index in [4.69, 9.17) is 19.7 Å². The van der Waals surface area contributed by atoms with Crippen LogP contribution in [0.4, 0.5) is 11.8 Å². The summed E-state index contributed by atoms with van der Waals surface area (Å²) in [7, 11) is 1.67. The van der Waals surface area contributed by atoms with Gasteiger partial charge in [0, 0.05) is 12.2 Å². The number of hydrogen-bond acceptors (Lipinski definition) is 9. The molecule has 2 aliphatic carbocycles. The predicted octanol–water partition coefficient (Wildman–Crippen LogP) is 5.13. The molecular formula is C27H30N6O2S. The van der Waals surface area contributed by atoms with Crippen LogP contribution >= 0.6 is 11.3 Å². The maximum absolute atomic E-state index is 10.0. The molecule has 3 N–H and O–H groups in total. The van der Waals surface area contributed by atoms with E-state index in [9.17, 15) is 5.11 Å². The fourth-order valence-electron chi connectivity index (χ4n) is 5.37. The number of fused-ring (bicyclic) bond motifs is 2. The van der Waals surface area contributed by atoms with Crippen molar-refractivity contribution < 1.29 is 9.84 Å². The van der Waals surface area contributed by atoms with Crippen molar-refractivity contribution in [3.63, 3.8) is 0 Å². The van der Waals surface area contributed by atoms with E-state index in [1.807, 2.05) is 50.4 Å². The van der Waals surface area contributed by atoms with Crippen molar-refractivity contribution in [3.05, 3.63) is 53.5 Å². The summed E-state index contributed by atoms with van der Waals surface area (Å²) < 4.78 is 6.39. The van der Waals surface area contributed by atoms with Crippen LogP contribution in [0.1, 0.15) is 42.8 Å². The Morgan fingerprint density at radius 1 is 1.03 bits per heavy atom. The molecule has 9 heteroatoms. The van der Waals surface area contributed by atoms with E-state index in [1.54, 1.807) is 18.4 Å². The van der Waals surface area contributed by atoms with Crippen molar-refractivity contribution in [3.8, 4) is 16.3 Å². The third-order valence-electron chi connectivity index (χ3n) is 7.50. The number of nitrogens with one attached hydrogen (secondary N) is 2. The van der Waals surface area contributed by atoms with Crippen LogP contribution in [-0.4, -0.2) is 44.3 Å². The topological polar surface area (TPSA) is 105 Å². The summed E-state index contributed by atoms with van der Waals surface area (Å²) in [6.07, 6.45) is 3.62. The largest absolute Gasteiger partial charge is 0.497 e. The molecule has 0 bridgehead atoms. The fraction of sp³-hybridized carbons (Fsp3) is 0.407. The molecule has 1 aromatic carbocycles. The number of anilines is 2. The highest BCUT2D eigenvalue weighted by Crippen LogP contribution is 2.52. The Bertz CT molecular complexity index is 1410. The van der Waals surface area contributed by atoms with Crippen LogP contribution < -0.4 is 15.4 Å². The first kappa shape index (κ1) is 23.1. The zero-order chi connectivity index (χ0) is 25.0. The van der Waals surface area contributed by atoms with Gasteiger partial charge in [0.2, 0.25) is 5.95 Å². The average molecular weight is 503 g/mol. The van der Waals surface area contributed by atoms with E-state index in [2.05, 4.69) is 22.5 Å². The maximum Gasteiger partial charge on any atom is 0.225 e. The lowest BCUT2D eigenvalue weighted by Crippen LogP contribution is -2.22. The van der Waals surface area contributed by atoms with Crippen molar-refractivity contribution in [2.75, 3.05) is 17.7 Å². The lowest BCUT2D eigenvalue weighted by molar-refractivity contribution is 0.230. The van der Waals surface area contributed by atoms with Gasteiger partial charge in [-0.3, -0.25) is 4.98 Å². The summed E-state index contributed by atoms with van der Waals surface area (Å²) in [5.74, 6) is 3.02. The Morgan fingerprint density at radius 2 is 1.78 bits per heavy atom. The Kier molecular flexibility index (Phi) is 5.76. The van der Waals surface area contributed by atoms with Crippen molar-refractivity contribution in [2.24, 2.45) is 11.8 Å². The maximum atomic E-state index is 10.0. The van der Waals surface area contributed by atoms with Gasteiger partial charge in [-0.25, -0.2) is 9.97 Å². The molecule has 0 spiro atoms. The van der Waals surface area contributed by atoms with Crippen LogP contribution in [0.5, 0.6) is 5.75 Å². The Hall–Kier alpha value is -3.30. The van der Waals surface area contributed by atoms with E-state index in [0.29, 0.717) is 17.8 Å². The molecular weight excluding hydrogens is 472 g/mol. The molecule has 3 aromatic heterocycles. The van der Waals surface area contributed by atoms with Gasteiger partial charge in [0.1, 0.15) is 22.1 Å². The van der Waals surface area contributed by atoms with Gasteiger partial charge in [0.15, 0.2) is 0 Å². The van der Waals surface area contributed by atoms with Gasteiger partial charge in [-0.2, -0.15) is 4.98 Å². The molecule has 3 heterocycles. The van der Waals surface area contributed by atoms with Gasteiger partial charge in [-0.05, 0) is 69.2 Å². The molecule has 3 atom stereocenters. The number of pyridine rings is 1. The highest BCUT2D eigenvalue weighted by Gasteiger charge is 2.55. The standard InChI is InChI=1S/C27H30N6O2S/c1-13(16-5-7-18(35-4)8-6-16)29-27-30-14(2)22(26-32-23-15(3)28-10-9-21(23)36-26)25(33-27)31-17-11-19-20(12-17)24(19)34/h5-10,13,17,19-20,24,34H,11-12H2,1-4H3,(H2,29,30,31,33). The number of thiazole rings is 1. The number of aromatic nitrogens is 4. The number of benzene rings is 1. The van der Waals surface area contributed by atoms with Crippen molar-refractivity contribution in [1.82, 2.24) is 19.9 Å². The number of aliphatic hydroxyl groups excluding tert-OH is 1. The molecule has 3 unspecified atom stereocenters. The molecule has 8 nitrogen and oxygen atoms in total. The highest BCUT2D eigenvalue weighted by atomic mass is 32.1. The molecule has 2 fully saturated rings. The monoisotopic (exact) mass is 502 g/mol. The molecule has 4 aromatic rings. The van der Waals surface area contributed by atoms with E-state index in [1.165, 1.54) is 0 Å². The van der Waals surface area contributed by atoms with Gasteiger partial charge in [0.05, 0.1) is 40.9 Å². The number of rotatable bonds is 7. The summed E-state index contributed by atoms with van der Waals surface area (Å²) in [5, 5.41) is 18.1. The molecule has 0 aliphatic heterocycles. The van der Waals surface area contributed by atoms with Crippen LogP contribution in [0, 0.1) is 25.7 Å². The molecule has 186 valence electrons. The summed E-state index contributed by atoms with van der Waals surface area (Å²) >= 11 is 1.64. The minimum absolute atomic E-state index is 0.0134. The van der Waals surface area contributed by atoms with E-state index < -0.39 is 0 Å². The van der Waals surface area contributed by atoms with Crippen LogP contribution in [-0.2, 0) is 0 Å². The summed E-state index contributed by atoms with van der Waals surface area (Å²) in [4.78, 5) is 19.1. The Balaban J connectivity index is 1.34. The quantitative estimate of drug-likeness (QED) is 0.320. The minimum atomic E-state index is -0.128. The first-order valence-corrected chi connectivity index (χ1v) is 13.2. The zero-order valence-corrected chi connectivity index (χ0v) is 21.6. The van der Waals surface area contributed by atoms with Crippen molar-refractivity contribution in [1.29, 1.82) is 0 Å². The fourth-order valence-corrected chi connectivity index (χ4v) is 6.48. The molecule has 0 amide bonds. The van der Waals surface area contributed by atoms with Gasteiger partial charge < -0.3 is 20.5 Å². The van der Waals surface area contributed by atoms with Gasteiger partial charge in [-0.15, -0.1) is 11.3 Å². The second kappa shape index (κ2) is 8.97. The van der Waals surface area contributed by atoms with Crippen molar-refractivity contribution in [2.45, 2.75) is 51.8 Å². The Labute approximate surface area is 214 Å². The molecule has 2 saturated carbocycles. The lowest BCUT2D eigenvalue weighted by Gasteiger charge is -2.21. The molecule has 36 heavy (non-hydrogen) atoms. The average Bonchev–Trinajstić information content (AvgIpc) is 3.22. The first-order valence-electron chi connectivity index (χ1n) is 12.4. The van der Waals surface area contributed by atoms with Crippen molar-refractivity contribution >= 4 is 33.3 Å². The van der Waals surface area contributed by atoms with E-state index >= 15 is 0 Å². The van der Waals surface area contributed by atoms with Crippen LogP contribution in [0.25, 0.3) is 20.8 Å². The predicted molar refractivity (Wildman–Crippen MR) is 143 cm³/mol. The number of methoxy groups -OCH3 is 1. The molecule has 6 rings (SSSR count). The first-order chi connectivity index (χ1) is 17.4. The summed E-state index contributed by atoms with van der Waals surface area (Å²) in [6, 6.07) is 10.3. The second-order valence-corrected chi connectivity index (χ2v) is 10.9. The molecule has 0 radical (unpaired) electrons. The van der Waals surface area contributed by atoms with Crippen LogP contribution in [0.2, 0.25) is 0 Å². The highest BCUT2D eigenvalue weighted by molar-refractivity contribution is 7.21. The number of hydrogen-bond donors (Lipinski definition) is 3. The number of aliphatic hydroxyl groups is 1. The normalized spacial score (nSPS) is 23.4. The molecule has 2 aliphatic rings. The molecule has 0 saturated heterocycles. The summed E-state index contributed by atoms with van der Waals surface area (Å²) in [6.45, 7) is 6.09. The zero-order valence-electron chi connectivity index (χ0n) is 20.8. The van der Waals surface area contributed by atoms with Crippen LogP contribution in [0.15, 0.2) is 36.5 Å². The van der Waals surface area contributed by atoms with Crippen LogP contribution in [0.3, 0.4) is 0 Å². The third-order valence-corrected chi connectivity index (χ3v) is 8.53. The minimum Gasteiger partial charge on any atom is -0.497 e. The number of nitrogens with zero attached hydrogens (tertiary/aromatic N) is 4. The van der Waals surface area contributed by atoms with E-state index in [-0.39, 0.29) is 18.2 Å². The summed E-state index contributed by atoms with van der Waals surface area (Å²) in [5.41, 5.74) is 4.75. The number of ether oxygens (including phenoxy) is 1. The smallest absolute Gasteiger partial charge is 0.225 e. The lowest BCUT2D eigenvalue weighted by atomic mass is 10.1. The Morgan fingerprint density at radius 3 is 2.47 bits per heavy atom. The van der Waals surface area contributed by atoms with E-state index in [0.717, 1.165) is 62.1 Å². The van der Waals surface area contributed by atoms with Gasteiger partial charge in [0.25, 0.3) is 0 Å². The second-order valence-electron chi connectivity index (χ2n) is 9.89.